The van der Waals surface area contributed by atoms with Crippen LogP contribution in [0.15, 0.2) is 41.2 Å². The van der Waals surface area contributed by atoms with E-state index in [0.717, 1.165) is 0 Å². The van der Waals surface area contributed by atoms with Crippen molar-refractivity contribution in [3.8, 4) is 22.7 Å². The minimum absolute atomic E-state index is 0.0297. The molecule has 0 saturated carbocycles. The van der Waals surface area contributed by atoms with Gasteiger partial charge < -0.3 is 14.3 Å². The van der Waals surface area contributed by atoms with Gasteiger partial charge in [-0.2, -0.15) is 0 Å². The van der Waals surface area contributed by atoms with E-state index in [0.29, 0.717) is 40.6 Å². The number of carbonyl (C=O) groups excluding carboxylic acids is 1. The molecule has 1 aliphatic heterocycles. The van der Waals surface area contributed by atoms with E-state index >= 15 is 0 Å². The van der Waals surface area contributed by atoms with Gasteiger partial charge in [0.25, 0.3) is 0 Å². The summed E-state index contributed by atoms with van der Waals surface area (Å²) in [6.45, 7) is 6.07. The summed E-state index contributed by atoms with van der Waals surface area (Å²) in [4.78, 5) is 25.7. The molecule has 3 aromatic rings. The number of fused-ring (bicyclic) bond motifs is 1. The van der Waals surface area contributed by atoms with Crippen molar-refractivity contribution in [2.24, 2.45) is 0 Å². The normalized spacial score (nSPS) is 16.5. The second-order valence-electron chi connectivity index (χ2n) is 7.30. The second kappa shape index (κ2) is 7.27. The zero-order chi connectivity index (χ0) is 20.7. The summed E-state index contributed by atoms with van der Waals surface area (Å²) < 4.78 is 18.7. The van der Waals surface area contributed by atoms with Crippen LogP contribution in [0.1, 0.15) is 27.2 Å². The van der Waals surface area contributed by atoms with Gasteiger partial charge in [0.1, 0.15) is 17.5 Å². The van der Waals surface area contributed by atoms with E-state index in [1.807, 2.05) is 25.7 Å². The Bertz CT molecular complexity index is 1050. The Labute approximate surface area is 168 Å². The number of hydrogen-bond acceptors (Lipinski definition) is 6. The molecule has 0 fully saturated rings. The average Bonchev–Trinajstić information content (AvgIpc) is 3.20. The molecule has 1 aromatic carbocycles. The maximum Gasteiger partial charge on any atom is 0.249 e. The molecule has 0 unspecified atom stereocenters. The van der Waals surface area contributed by atoms with Crippen LogP contribution in [0.4, 0.5) is 15.9 Å². The van der Waals surface area contributed by atoms with Crippen LogP contribution >= 0.6 is 0 Å². The summed E-state index contributed by atoms with van der Waals surface area (Å²) in [5.74, 6) is 1.30. The summed E-state index contributed by atoms with van der Waals surface area (Å²) in [5, 5.41) is 3.89. The van der Waals surface area contributed by atoms with E-state index < -0.39 is 0 Å². The van der Waals surface area contributed by atoms with Gasteiger partial charge in [-0.15, -0.1) is 0 Å². The van der Waals surface area contributed by atoms with Crippen LogP contribution in [0.25, 0.3) is 22.7 Å². The summed E-state index contributed by atoms with van der Waals surface area (Å²) in [5.41, 5.74) is 1.95. The highest BCUT2D eigenvalue weighted by Crippen LogP contribution is 2.38. The van der Waals surface area contributed by atoms with Crippen LogP contribution in [0.5, 0.6) is 0 Å². The van der Waals surface area contributed by atoms with Crippen LogP contribution in [-0.2, 0) is 4.79 Å². The quantitative estimate of drug-likeness (QED) is 0.667. The molecule has 1 atom stereocenters. The predicted octanol–water partition coefficient (Wildman–Crippen LogP) is 3.91. The van der Waals surface area contributed by atoms with Crippen molar-refractivity contribution >= 4 is 17.4 Å². The lowest BCUT2D eigenvalue weighted by molar-refractivity contribution is -0.120. The maximum atomic E-state index is 13.3. The van der Waals surface area contributed by atoms with Crippen LogP contribution in [0.2, 0.25) is 0 Å². The molecule has 0 bridgehead atoms. The van der Waals surface area contributed by atoms with Gasteiger partial charge in [-0.1, -0.05) is 12.1 Å². The highest BCUT2D eigenvalue weighted by atomic mass is 19.1. The zero-order valence-corrected chi connectivity index (χ0v) is 16.8. The SMILES string of the molecule is CC[C@@H]1C(=O)N(C)c2cnc(-c3cnoc3-c3ccc(F)cc3)nc2N1C(C)C. The highest BCUT2D eigenvalue weighted by Gasteiger charge is 2.38. The molecule has 2 aromatic heterocycles. The van der Waals surface area contributed by atoms with E-state index in [4.69, 9.17) is 9.51 Å². The van der Waals surface area contributed by atoms with E-state index in [1.54, 1.807) is 36.5 Å². The number of benzene rings is 1. The predicted molar refractivity (Wildman–Crippen MR) is 108 cm³/mol. The van der Waals surface area contributed by atoms with Gasteiger partial charge in [0.15, 0.2) is 17.4 Å². The molecule has 0 radical (unpaired) electrons. The number of nitrogens with zero attached hydrogens (tertiary/aromatic N) is 5. The lowest BCUT2D eigenvalue weighted by Crippen LogP contribution is -2.54. The Morgan fingerprint density at radius 2 is 1.93 bits per heavy atom. The third-order valence-corrected chi connectivity index (χ3v) is 5.17. The molecule has 3 heterocycles. The first-order chi connectivity index (χ1) is 13.9. The molecule has 0 saturated heterocycles. The van der Waals surface area contributed by atoms with E-state index in [9.17, 15) is 9.18 Å². The minimum Gasteiger partial charge on any atom is -0.356 e. The first-order valence-electron chi connectivity index (χ1n) is 9.56. The van der Waals surface area contributed by atoms with Crippen molar-refractivity contribution in [1.29, 1.82) is 0 Å². The van der Waals surface area contributed by atoms with E-state index in [1.165, 1.54) is 12.1 Å². The number of carbonyl (C=O) groups is 1. The summed E-state index contributed by atoms with van der Waals surface area (Å²) >= 11 is 0. The molecule has 1 amide bonds. The molecule has 150 valence electrons. The van der Waals surface area contributed by atoms with E-state index in [-0.39, 0.29) is 23.8 Å². The lowest BCUT2D eigenvalue weighted by Gasteiger charge is -2.42. The summed E-state index contributed by atoms with van der Waals surface area (Å²) in [6, 6.07) is 5.77. The fourth-order valence-electron chi connectivity index (χ4n) is 3.72. The monoisotopic (exact) mass is 395 g/mol. The topological polar surface area (TPSA) is 75.4 Å². The fraction of sp³-hybridized carbons (Fsp3) is 0.333. The third kappa shape index (κ3) is 3.14. The highest BCUT2D eigenvalue weighted by molar-refractivity contribution is 6.04. The van der Waals surface area contributed by atoms with Gasteiger partial charge in [0.2, 0.25) is 5.91 Å². The van der Waals surface area contributed by atoms with Gasteiger partial charge in [-0.3, -0.25) is 4.79 Å². The van der Waals surface area contributed by atoms with Crippen molar-refractivity contribution in [2.75, 3.05) is 16.8 Å². The summed E-state index contributed by atoms with van der Waals surface area (Å²) in [7, 11) is 1.74. The Balaban J connectivity index is 1.84. The first kappa shape index (κ1) is 19.0. The van der Waals surface area contributed by atoms with Gasteiger partial charge in [-0.25, -0.2) is 14.4 Å². The molecule has 1 aliphatic rings. The number of hydrogen-bond donors (Lipinski definition) is 0. The average molecular weight is 395 g/mol. The number of aromatic nitrogens is 3. The van der Waals surface area contributed by atoms with Crippen molar-refractivity contribution < 1.29 is 13.7 Å². The Morgan fingerprint density at radius 3 is 2.59 bits per heavy atom. The molecular formula is C21H22FN5O2. The zero-order valence-electron chi connectivity index (χ0n) is 16.8. The van der Waals surface area contributed by atoms with Gasteiger partial charge in [0.05, 0.1) is 18.0 Å². The number of anilines is 2. The molecule has 0 N–H and O–H groups in total. The standard InChI is InChI=1S/C21H22FN5O2/c1-5-16-21(28)26(4)17-11-23-19(25-20(17)27(16)12(2)3)15-10-24-29-18(15)13-6-8-14(22)9-7-13/h6-12,16H,5H2,1-4H3/t16-/m1/s1. The van der Waals surface area contributed by atoms with Crippen molar-refractivity contribution in [3.63, 3.8) is 0 Å². The molecule has 0 spiro atoms. The maximum absolute atomic E-state index is 13.3. The van der Waals surface area contributed by atoms with Gasteiger partial charge >= 0.3 is 0 Å². The van der Waals surface area contributed by atoms with Crippen molar-refractivity contribution in [3.05, 3.63) is 42.5 Å². The minimum atomic E-state index is -0.328. The Morgan fingerprint density at radius 1 is 1.21 bits per heavy atom. The smallest absolute Gasteiger partial charge is 0.249 e. The van der Waals surface area contributed by atoms with Gasteiger partial charge in [-0.05, 0) is 44.5 Å². The van der Waals surface area contributed by atoms with Crippen molar-refractivity contribution in [1.82, 2.24) is 15.1 Å². The third-order valence-electron chi connectivity index (χ3n) is 5.17. The molecule has 29 heavy (non-hydrogen) atoms. The van der Waals surface area contributed by atoms with Crippen LogP contribution < -0.4 is 9.80 Å². The molecule has 4 rings (SSSR count). The van der Waals surface area contributed by atoms with E-state index in [2.05, 4.69) is 10.1 Å². The van der Waals surface area contributed by atoms with Crippen LogP contribution in [-0.4, -0.2) is 40.2 Å². The molecule has 8 heteroatoms. The number of rotatable bonds is 4. The van der Waals surface area contributed by atoms with Gasteiger partial charge in [0, 0.05) is 18.7 Å². The Kier molecular flexibility index (Phi) is 4.77. The first-order valence-corrected chi connectivity index (χ1v) is 9.56. The van der Waals surface area contributed by atoms with Crippen LogP contribution in [0, 0.1) is 5.82 Å². The Hall–Kier alpha value is -3.29. The molecular weight excluding hydrogens is 373 g/mol. The van der Waals surface area contributed by atoms with Crippen LogP contribution in [0.3, 0.4) is 0 Å². The van der Waals surface area contributed by atoms with Crippen molar-refractivity contribution in [2.45, 2.75) is 39.3 Å². The second-order valence-corrected chi connectivity index (χ2v) is 7.30. The number of likely N-dealkylation sites (N-methyl/N-ethyl adjacent to an activating group) is 1. The lowest BCUT2D eigenvalue weighted by atomic mass is 10.0. The number of amides is 1. The largest absolute Gasteiger partial charge is 0.356 e. The molecule has 0 aliphatic carbocycles. The number of halogens is 1. The molecule has 7 nitrogen and oxygen atoms in total. The summed E-state index contributed by atoms with van der Waals surface area (Å²) in [6.07, 6.45) is 3.88. The fourth-order valence-corrected chi connectivity index (χ4v) is 3.72.